The molecule has 1 atom stereocenters. The van der Waals surface area contributed by atoms with E-state index in [4.69, 9.17) is 11.1 Å². The Balaban J connectivity index is 1.78. The van der Waals surface area contributed by atoms with Crippen molar-refractivity contribution < 1.29 is 27.9 Å². The molecule has 0 aliphatic rings. The summed E-state index contributed by atoms with van der Waals surface area (Å²) in [5.41, 5.74) is 7.24. The molecule has 0 aliphatic heterocycles. The molecule has 0 saturated heterocycles. The molecule has 0 heterocycles. The first-order valence-corrected chi connectivity index (χ1v) is 12.3. The SMILES string of the molecule is CCc1ccc(S(=O)(=O)N[C@@H](CNC(=O)CCNCC(=O)c2ccc(C(=N)N)cc2)C(=O)O)cc1. The summed E-state index contributed by atoms with van der Waals surface area (Å²) in [6, 6.07) is 10.8. The minimum Gasteiger partial charge on any atom is -0.480 e. The molecular weight excluding hydrogens is 474 g/mol. The lowest BCUT2D eigenvalue weighted by atomic mass is 10.1. The van der Waals surface area contributed by atoms with E-state index in [0.717, 1.165) is 12.0 Å². The molecule has 0 radical (unpaired) electrons. The molecule has 1 amide bonds. The Morgan fingerprint density at radius 1 is 1.03 bits per heavy atom. The number of amides is 1. The lowest BCUT2D eigenvalue weighted by Gasteiger charge is -2.16. The fraction of sp³-hybridized carbons (Fsp3) is 0.304. The number of aryl methyl sites for hydroxylation is 1. The molecule has 11 nitrogen and oxygen atoms in total. The minimum atomic E-state index is -4.09. The molecule has 7 N–H and O–H groups in total. The van der Waals surface area contributed by atoms with Gasteiger partial charge in [-0.05, 0) is 24.1 Å². The van der Waals surface area contributed by atoms with Gasteiger partial charge in [-0.1, -0.05) is 43.3 Å². The number of carbonyl (C=O) groups is 3. The minimum absolute atomic E-state index is 0.0267. The van der Waals surface area contributed by atoms with Gasteiger partial charge in [-0.2, -0.15) is 4.72 Å². The Morgan fingerprint density at radius 3 is 2.17 bits per heavy atom. The summed E-state index contributed by atoms with van der Waals surface area (Å²) in [7, 11) is -4.09. The standard InChI is InChI=1S/C23H29N5O6S/c1-2-15-3-9-18(10-4-15)35(33,34)28-19(23(31)32)13-27-21(30)11-12-26-14-20(29)16-5-7-17(8-6-16)22(24)25/h3-10,19,26,28H,2,11-14H2,1H3,(H3,24,25)(H,27,30)(H,31,32)/t19-/m0/s1. The topological polar surface area (TPSA) is 192 Å². The van der Waals surface area contributed by atoms with Crippen LogP contribution in [0.2, 0.25) is 0 Å². The first kappa shape index (κ1) is 27.6. The molecular formula is C23H29N5O6S. The number of sulfonamides is 1. The van der Waals surface area contributed by atoms with E-state index < -0.39 is 34.5 Å². The molecule has 2 aromatic carbocycles. The smallest absolute Gasteiger partial charge is 0.323 e. The summed E-state index contributed by atoms with van der Waals surface area (Å²) >= 11 is 0. The third-order valence-corrected chi connectivity index (χ3v) is 6.56. The van der Waals surface area contributed by atoms with Crippen molar-refractivity contribution in [1.82, 2.24) is 15.4 Å². The van der Waals surface area contributed by atoms with Crippen LogP contribution in [-0.4, -0.2) is 62.7 Å². The van der Waals surface area contributed by atoms with Gasteiger partial charge in [0.1, 0.15) is 11.9 Å². The van der Waals surface area contributed by atoms with Gasteiger partial charge in [-0.25, -0.2) is 8.42 Å². The average Bonchev–Trinajstić information content (AvgIpc) is 2.84. The largest absolute Gasteiger partial charge is 0.480 e. The Morgan fingerprint density at radius 2 is 1.63 bits per heavy atom. The van der Waals surface area contributed by atoms with E-state index in [1.807, 2.05) is 6.92 Å². The predicted molar refractivity (Wildman–Crippen MR) is 130 cm³/mol. The number of ketones is 1. The van der Waals surface area contributed by atoms with Gasteiger partial charge in [0.05, 0.1) is 11.4 Å². The second kappa shape index (κ2) is 12.7. The quantitative estimate of drug-likeness (QED) is 0.0914. The van der Waals surface area contributed by atoms with Gasteiger partial charge in [-0.3, -0.25) is 19.8 Å². The predicted octanol–water partition coefficient (Wildman–Crippen LogP) is 0.243. The van der Waals surface area contributed by atoms with Gasteiger partial charge in [0, 0.05) is 30.6 Å². The van der Waals surface area contributed by atoms with E-state index in [0.29, 0.717) is 11.1 Å². The fourth-order valence-electron chi connectivity index (χ4n) is 2.98. The van der Waals surface area contributed by atoms with Crippen molar-refractivity contribution in [3.63, 3.8) is 0 Å². The summed E-state index contributed by atoms with van der Waals surface area (Å²) in [4.78, 5) is 35.7. The highest BCUT2D eigenvalue weighted by Crippen LogP contribution is 2.11. The molecule has 0 fully saturated rings. The normalized spacial score (nSPS) is 12.0. The Hall–Kier alpha value is -3.61. The van der Waals surface area contributed by atoms with Crippen LogP contribution < -0.4 is 21.1 Å². The molecule has 0 aromatic heterocycles. The fourth-order valence-corrected chi connectivity index (χ4v) is 4.17. The lowest BCUT2D eigenvalue weighted by Crippen LogP contribution is -2.48. The van der Waals surface area contributed by atoms with Gasteiger partial charge < -0.3 is 21.5 Å². The number of Topliss-reactive ketones (excluding diaryl/α,β-unsaturated/α-hetero) is 1. The van der Waals surface area contributed by atoms with Gasteiger partial charge >= 0.3 is 5.97 Å². The van der Waals surface area contributed by atoms with Crippen LogP contribution >= 0.6 is 0 Å². The highest BCUT2D eigenvalue weighted by molar-refractivity contribution is 7.89. The van der Waals surface area contributed by atoms with Gasteiger partial charge in [0.2, 0.25) is 15.9 Å². The summed E-state index contributed by atoms with van der Waals surface area (Å²) in [6.45, 7) is 1.60. The molecule has 0 bridgehead atoms. The molecule has 2 rings (SSSR count). The van der Waals surface area contributed by atoms with E-state index in [2.05, 4.69) is 15.4 Å². The number of rotatable bonds is 14. The van der Waals surface area contributed by atoms with Crippen LogP contribution in [0.25, 0.3) is 0 Å². The highest BCUT2D eigenvalue weighted by atomic mass is 32.2. The van der Waals surface area contributed by atoms with E-state index >= 15 is 0 Å². The van der Waals surface area contributed by atoms with E-state index in [-0.39, 0.29) is 36.0 Å². The van der Waals surface area contributed by atoms with Crippen LogP contribution in [0.5, 0.6) is 0 Å². The van der Waals surface area contributed by atoms with Crippen LogP contribution in [-0.2, 0) is 26.0 Å². The van der Waals surface area contributed by atoms with Gasteiger partial charge in [0.15, 0.2) is 5.78 Å². The van der Waals surface area contributed by atoms with E-state index in [9.17, 15) is 27.9 Å². The molecule has 0 aliphatic carbocycles. The third kappa shape index (κ3) is 8.59. The number of aliphatic carboxylic acids is 1. The number of hydrogen-bond donors (Lipinski definition) is 6. The maximum Gasteiger partial charge on any atom is 0.323 e. The highest BCUT2D eigenvalue weighted by Gasteiger charge is 2.25. The van der Waals surface area contributed by atoms with Gasteiger partial charge in [-0.15, -0.1) is 0 Å². The Kier molecular flexibility index (Phi) is 10.1. The Bertz CT molecular complexity index is 1160. The zero-order chi connectivity index (χ0) is 26.0. The first-order chi connectivity index (χ1) is 16.5. The number of carboxylic acid groups (broad SMARTS) is 1. The zero-order valence-corrected chi connectivity index (χ0v) is 20.0. The molecule has 188 valence electrons. The summed E-state index contributed by atoms with van der Waals surface area (Å²) in [6.07, 6.45) is 0.683. The molecule has 0 unspecified atom stereocenters. The van der Waals surface area contributed by atoms with Crippen molar-refractivity contribution in [3.8, 4) is 0 Å². The number of hydrogen-bond acceptors (Lipinski definition) is 7. The lowest BCUT2D eigenvalue weighted by molar-refractivity contribution is -0.138. The summed E-state index contributed by atoms with van der Waals surface area (Å²) < 4.78 is 27.1. The molecule has 0 spiro atoms. The number of carbonyl (C=O) groups excluding carboxylic acids is 2. The number of nitrogens with two attached hydrogens (primary N) is 1. The molecule has 0 saturated carbocycles. The van der Waals surface area contributed by atoms with Crippen molar-refractivity contribution in [3.05, 3.63) is 65.2 Å². The van der Waals surface area contributed by atoms with Gasteiger partial charge in [0.25, 0.3) is 0 Å². The number of amidine groups is 1. The molecule has 2 aromatic rings. The second-order valence-electron chi connectivity index (χ2n) is 7.65. The number of benzene rings is 2. The van der Waals surface area contributed by atoms with Crippen LogP contribution in [0, 0.1) is 5.41 Å². The van der Waals surface area contributed by atoms with Crippen molar-refractivity contribution in [2.24, 2.45) is 5.73 Å². The van der Waals surface area contributed by atoms with E-state index in [1.54, 1.807) is 36.4 Å². The summed E-state index contributed by atoms with van der Waals surface area (Å²) in [5.74, 6) is -2.25. The Labute approximate surface area is 203 Å². The van der Waals surface area contributed by atoms with Crippen LogP contribution in [0.1, 0.15) is 34.8 Å². The van der Waals surface area contributed by atoms with E-state index in [1.165, 1.54) is 12.1 Å². The second-order valence-corrected chi connectivity index (χ2v) is 9.37. The van der Waals surface area contributed by atoms with Crippen molar-refractivity contribution in [2.45, 2.75) is 30.7 Å². The van der Waals surface area contributed by atoms with Crippen LogP contribution in [0.4, 0.5) is 0 Å². The monoisotopic (exact) mass is 503 g/mol. The third-order valence-electron chi connectivity index (χ3n) is 5.07. The summed E-state index contributed by atoms with van der Waals surface area (Å²) in [5, 5.41) is 21.9. The first-order valence-electron chi connectivity index (χ1n) is 10.8. The van der Waals surface area contributed by atoms with Crippen LogP contribution in [0.3, 0.4) is 0 Å². The molecule has 12 heteroatoms. The maximum atomic E-state index is 12.5. The van der Waals surface area contributed by atoms with Crippen molar-refractivity contribution in [1.29, 1.82) is 5.41 Å². The average molecular weight is 504 g/mol. The number of nitrogen functional groups attached to an aromatic ring is 1. The number of carboxylic acids is 1. The maximum absolute atomic E-state index is 12.5. The zero-order valence-electron chi connectivity index (χ0n) is 19.2. The van der Waals surface area contributed by atoms with Crippen molar-refractivity contribution in [2.75, 3.05) is 19.6 Å². The number of nitrogens with one attached hydrogen (secondary N) is 4. The van der Waals surface area contributed by atoms with Crippen molar-refractivity contribution >= 4 is 33.5 Å². The molecule has 35 heavy (non-hydrogen) atoms. The van der Waals surface area contributed by atoms with Crippen LogP contribution in [0.15, 0.2) is 53.4 Å².